The van der Waals surface area contributed by atoms with E-state index in [1.165, 1.54) is 4.57 Å². The molecule has 3 aromatic rings. The molecule has 5 nitrogen and oxygen atoms in total. The van der Waals surface area contributed by atoms with Crippen molar-refractivity contribution in [3.05, 3.63) is 65.4 Å². The van der Waals surface area contributed by atoms with E-state index in [-0.39, 0.29) is 12.3 Å². The first kappa shape index (κ1) is 15.9. The van der Waals surface area contributed by atoms with Crippen LogP contribution in [0.5, 0.6) is 0 Å². The van der Waals surface area contributed by atoms with Gasteiger partial charge in [-0.05, 0) is 24.1 Å². The zero-order valence-electron chi connectivity index (χ0n) is 13.6. The molecule has 24 heavy (non-hydrogen) atoms. The van der Waals surface area contributed by atoms with E-state index in [4.69, 9.17) is 10.5 Å². The number of rotatable bonds is 3. The number of amides is 1. The number of carbonyl (C=O) groups excluding carboxylic acids is 2. The van der Waals surface area contributed by atoms with E-state index in [0.29, 0.717) is 5.52 Å². The lowest BCUT2D eigenvalue weighted by molar-refractivity contribution is 0.0984. The number of nitrogens with zero attached hydrogens (tertiary/aromatic N) is 1. The lowest BCUT2D eigenvalue weighted by atomic mass is 9.93. The van der Waals surface area contributed by atoms with Gasteiger partial charge in [-0.3, -0.25) is 4.79 Å². The Morgan fingerprint density at radius 1 is 1.17 bits per heavy atom. The van der Waals surface area contributed by atoms with Crippen LogP contribution in [0, 0.1) is 6.92 Å². The van der Waals surface area contributed by atoms with Crippen LogP contribution in [0.2, 0.25) is 0 Å². The first-order chi connectivity index (χ1) is 11.5. The molecular formula is C18H17BN2O3. The summed E-state index contributed by atoms with van der Waals surface area (Å²) >= 11 is 0. The summed E-state index contributed by atoms with van der Waals surface area (Å²) in [4.78, 5) is 24.3. The molecule has 0 aliphatic carbocycles. The van der Waals surface area contributed by atoms with Gasteiger partial charge in [-0.2, -0.15) is 0 Å². The summed E-state index contributed by atoms with van der Waals surface area (Å²) in [6, 6.07) is 14.9. The van der Waals surface area contributed by atoms with Gasteiger partial charge in [-0.1, -0.05) is 47.9 Å². The molecule has 6 heteroatoms. The number of carbonyl (C=O) groups is 2. The minimum absolute atomic E-state index is 0.122. The third-order valence-corrected chi connectivity index (χ3v) is 3.87. The van der Waals surface area contributed by atoms with Crippen molar-refractivity contribution < 1.29 is 14.3 Å². The summed E-state index contributed by atoms with van der Waals surface area (Å²) in [6.45, 7) is 2.02. The third-order valence-electron chi connectivity index (χ3n) is 3.87. The number of fused-ring (bicyclic) bond motifs is 1. The van der Waals surface area contributed by atoms with Gasteiger partial charge in [-0.15, -0.1) is 0 Å². The SMILES string of the molecule is Bc1cc(C)c2c(c1)cc(C(N)=O)n2C(=O)OCc1ccccc1. The lowest BCUT2D eigenvalue weighted by Gasteiger charge is -2.10. The van der Waals surface area contributed by atoms with Gasteiger partial charge in [0, 0.05) is 5.39 Å². The fourth-order valence-electron chi connectivity index (χ4n) is 2.90. The number of aromatic nitrogens is 1. The minimum atomic E-state index is -0.667. The number of aryl methyl sites for hydroxylation is 1. The number of hydrogen-bond acceptors (Lipinski definition) is 3. The number of hydrogen-bond donors (Lipinski definition) is 1. The third kappa shape index (κ3) is 2.90. The van der Waals surface area contributed by atoms with Gasteiger partial charge in [0.05, 0.1) is 5.52 Å². The predicted molar refractivity (Wildman–Crippen MR) is 95.4 cm³/mol. The monoisotopic (exact) mass is 320 g/mol. The van der Waals surface area contributed by atoms with Crippen molar-refractivity contribution in [1.29, 1.82) is 0 Å². The second-order valence-electron chi connectivity index (χ2n) is 5.79. The van der Waals surface area contributed by atoms with Crippen LogP contribution < -0.4 is 11.2 Å². The zero-order valence-corrected chi connectivity index (χ0v) is 13.6. The molecule has 3 rings (SSSR count). The summed E-state index contributed by atoms with van der Waals surface area (Å²) in [5.74, 6) is -0.667. The number of ether oxygens (including phenoxy) is 1. The summed E-state index contributed by atoms with van der Waals surface area (Å²) in [6.07, 6.45) is -0.616. The molecule has 0 atom stereocenters. The number of nitrogens with two attached hydrogens (primary N) is 1. The molecule has 0 fully saturated rings. The maximum Gasteiger partial charge on any atom is 0.419 e. The Kier molecular flexibility index (Phi) is 4.12. The number of benzene rings is 2. The van der Waals surface area contributed by atoms with E-state index in [1.54, 1.807) is 6.07 Å². The van der Waals surface area contributed by atoms with Crippen LogP contribution in [0.15, 0.2) is 48.5 Å². The normalized spacial score (nSPS) is 10.7. The van der Waals surface area contributed by atoms with Crippen LogP contribution in [0.4, 0.5) is 4.79 Å². The molecule has 0 aliphatic rings. The van der Waals surface area contributed by atoms with Gasteiger partial charge in [0.2, 0.25) is 0 Å². The molecule has 0 saturated heterocycles. The van der Waals surface area contributed by atoms with Gasteiger partial charge in [0.15, 0.2) is 0 Å². The highest BCUT2D eigenvalue weighted by molar-refractivity contribution is 6.33. The molecule has 0 radical (unpaired) electrons. The molecule has 0 saturated carbocycles. The van der Waals surface area contributed by atoms with Crippen LogP contribution in [0.1, 0.15) is 21.6 Å². The lowest BCUT2D eigenvalue weighted by Crippen LogP contribution is -2.23. The highest BCUT2D eigenvalue weighted by atomic mass is 16.5. The van der Waals surface area contributed by atoms with Crippen LogP contribution in [-0.4, -0.2) is 24.4 Å². The summed E-state index contributed by atoms with van der Waals surface area (Å²) in [7, 11) is 1.96. The van der Waals surface area contributed by atoms with Crippen LogP contribution in [-0.2, 0) is 11.3 Å². The maximum absolute atomic E-state index is 12.6. The standard InChI is InChI=1S/C18H17BN2O3/c1-11-7-14(19)8-13-9-15(17(20)22)21(16(11)13)18(23)24-10-12-5-3-2-4-6-12/h2-9H,10,19H2,1H3,(H2,20,22). The summed E-state index contributed by atoms with van der Waals surface area (Å²) < 4.78 is 6.63. The van der Waals surface area contributed by atoms with Gasteiger partial charge in [0.1, 0.15) is 20.1 Å². The van der Waals surface area contributed by atoms with E-state index in [1.807, 2.05) is 57.2 Å². The highest BCUT2D eigenvalue weighted by Crippen LogP contribution is 2.23. The predicted octanol–water partition coefficient (Wildman–Crippen LogP) is 1.49. The van der Waals surface area contributed by atoms with Crippen molar-refractivity contribution in [3.63, 3.8) is 0 Å². The van der Waals surface area contributed by atoms with Crippen LogP contribution in [0.3, 0.4) is 0 Å². The van der Waals surface area contributed by atoms with E-state index < -0.39 is 12.0 Å². The smallest absolute Gasteiger partial charge is 0.419 e. The molecule has 1 aromatic heterocycles. The molecular weight excluding hydrogens is 303 g/mol. The quantitative estimate of drug-likeness (QED) is 0.743. The Morgan fingerprint density at radius 2 is 1.88 bits per heavy atom. The van der Waals surface area contributed by atoms with Gasteiger partial charge >= 0.3 is 6.09 Å². The summed E-state index contributed by atoms with van der Waals surface area (Å²) in [5.41, 5.74) is 9.01. The molecule has 0 unspecified atom stereocenters. The Hall–Kier alpha value is -3.02. The van der Waals surface area contributed by atoms with Gasteiger partial charge < -0.3 is 10.5 Å². The van der Waals surface area contributed by atoms with Crippen molar-refractivity contribution in [3.8, 4) is 0 Å². The van der Waals surface area contributed by atoms with E-state index in [0.717, 1.165) is 22.0 Å². The molecule has 0 spiro atoms. The van der Waals surface area contributed by atoms with Crippen molar-refractivity contribution in [2.75, 3.05) is 0 Å². The second-order valence-corrected chi connectivity index (χ2v) is 5.79. The van der Waals surface area contributed by atoms with E-state index in [2.05, 4.69) is 0 Å². The number of primary amides is 1. The average Bonchev–Trinajstić information content (AvgIpc) is 2.93. The van der Waals surface area contributed by atoms with E-state index >= 15 is 0 Å². The first-order valence-corrected chi connectivity index (χ1v) is 7.61. The molecule has 2 N–H and O–H groups in total. The molecule has 1 heterocycles. The van der Waals surface area contributed by atoms with Crippen molar-refractivity contribution >= 4 is 36.2 Å². The fourth-order valence-corrected chi connectivity index (χ4v) is 2.90. The topological polar surface area (TPSA) is 74.3 Å². The Labute approximate surface area is 140 Å². The molecule has 120 valence electrons. The van der Waals surface area contributed by atoms with Crippen LogP contribution >= 0.6 is 0 Å². The van der Waals surface area contributed by atoms with Gasteiger partial charge in [0.25, 0.3) is 5.91 Å². The van der Waals surface area contributed by atoms with Crippen molar-refractivity contribution in [2.45, 2.75) is 13.5 Å². The Bertz CT molecular complexity index is 932. The zero-order chi connectivity index (χ0) is 17.3. The largest absolute Gasteiger partial charge is 0.444 e. The maximum atomic E-state index is 12.6. The molecule has 0 bridgehead atoms. The van der Waals surface area contributed by atoms with Gasteiger partial charge in [-0.25, -0.2) is 9.36 Å². The molecule has 1 amide bonds. The van der Waals surface area contributed by atoms with Crippen molar-refractivity contribution in [1.82, 2.24) is 4.57 Å². The van der Waals surface area contributed by atoms with Crippen molar-refractivity contribution in [2.24, 2.45) is 5.73 Å². The Balaban J connectivity index is 2.02. The second kappa shape index (κ2) is 6.24. The molecule has 2 aromatic carbocycles. The fraction of sp³-hybridized carbons (Fsp3) is 0.111. The first-order valence-electron chi connectivity index (χ1n) is 7.61. The Morgan fingerprint density at radius 3 is 2.54 bits per heavy atom. The highest BCUT2D eigenvalue weighted by Gasteiger charge is 2.21. The summed E-state index contributed by atoms with van der Waals surface area (Å²) in [5, 5.41) is 0.790. The van der Waals surface area contributed by atoms with Crippen LogP contribution in [0.25, 0.3) is 10.9 Å². The molecule has 0 aliphatic heterocycles. The average molecular weight is 320 g/mol. The minimum Gasteiger partial charge on any atom is -0.444 e. The van der Waals surface area contributed by atoms with E-state index in [9.17, 15) is 9.59 Å².